The molecule has 0 aromatic heterocycles. The maximum absolute atomic E-state index is 12.9. The molecule has 1 saturated heterocycles. The Labute approximate surface area is 128 Å². The Morgan fingerprint density at radius 3 is 2.52 bits per heavy atom. The molecular formula is C16H26N2O2S. The highest BCUT2D eigenvalue weighted by Crippen LogP contribution is 2.32. The van der Waals surface area contributed by atoms with E-state index in [0.717, 1.165) is 17.5 Å². The van der Waals surface area contributed by atoms with Crippen LogP contribution in [0.15, 0.2) is 23.1 Å². The number of nitrogens with zero attached hydrogens (tertiary/aromatic N) is 1. The summed E-state index contributed by atoms with van der Waals surface area (Å²) in [5, 5.41) is 0. The van der Waals surface area contributed by atoms with Gasteiger partial charge in [-0.2, -0.15) is 4.31 Å². The zero-order chi connectivity index (χ0) is 15.8. The van der Waals surface area contributed by atoms with Crippen LogP contribution in [-0.2, 0) is 16.6 Å². The first kappa shape index (κ1) is 16.5. The normalized spacial score (nSPS) is 27.8. The third kappa shape index (κ3) is 3.15. The highest BCUT2D eigenvalue weighted by molar-refractivity contribution is 7.89. The average Bonchev–Trinajstić information content (AvgIpc) is 2.42. The lowest BCUT2D eigenvalue weighted by Gasteiger charge is -2.40. The van der Waals surface area contributed by atoms with Crippen LogP contribution in [0.1, 0.15) is 38.3 Å². The Morgan fingerprint density at radius 2 is 1.95 bits per heavy atom. The molecule has 21 heavy (non-hydrogen) atoms. The molecule has 2 N–H and O–H groups in total. The third-order valence-corrected chi connectivity index (χ3v) is 6.63. The molecule has 0 aliphatic carbocycles. The van der Waals surface area contributed by atoms with Gasteiger partial charge in [-0.1, -0.05) is 19.9 Å². The summed E-state index contributed by atoms with van der Waals surface area (Å²) in [5.74, 6) is 0.781. The summed E-state index contributed by atoms with van der Waals surface area (Å²) < 4.78 is 27.5. The second-order valence-electron chi connectivity index (χ2n) is 6.43. The molecule has 5 heteroatoms. The molecule has 4 nitrogen and oxygen atoms in total. The minimum atomic E-state index is -3.43. The van der Waals surface area contributed by atoms with Crippen molar-refractivity contribution in [2.45, 2.75) is 51.6 Å². The van der Waals surface area contributed by atoms with Gasteiger partial charge >= 0.3 is 0 Å². The molecule has 0 saturated carbocycles. The molecule has 1 heterocycles. The molecular weight excluding hydrogens is 284 g/mol. The number of sulfonamides is 1. The number of piperidine rings is 1. The zero-order valence-electron chi connectivity index (χ0n) is 13.3. The summed E-state index contributed by atoms with van der Waals surface area (Å²) in [5.41, 5.74) is 7.57. The second kappa shape index (κ2) is 6.07. The maximum atomic E-state index is 12.9. The Balaban J connectivity index is 2.39. The van der Waals surface area contributed by atoms with E-state index >= 15 is 0 Å². The van der Waals surface area contributed by atoms with Gasteiger partial charge in [-0.25, -0.2) is 8.42 Å². The van der Waals surface area contributed by atoms with Crippen molar-refractivity contribution in [1.82, 2.24) is 4.31 Å². The smallest absolute Gasteiger partial charge is 0.243 e. The molecule has 0 spiro atoms. The van der Waals surface area contributed by atoms with E-state index in [-0.39, 0.29) is 6.04 Å². The first-order chi connectivity index (χ1) is 9.77. The van der Waals surface area contributed by atoms with E-state index in [1.165, 1.54) is 0 Å². The largest absolute Gasteiger partial charge is 0.326 e. The number of benzene rings is 1. The van der Waals surface area contributed by atoms with Crippen LogP contribution in [0.25, 0.3) is 0 Å². The standard InChI is InChI=1S/C16H26N2O2S/c1-11-7-12(2)14(4)18(10-11)21(19,20)16-6-5-15(9-17)13(3)8-16/h5-6,8,11-12,14H,7,9-10,17H2,1-4H3. The number of nitrogens with two attached hydrogens (primary N) is 1. The molecule has 1 aliphatic rings. The van der Waals surface area contributed by atoms with Gasteiger partial charge in [0, 0.05) is 19.1 Å². The fourth-order valence-electron chi connectivity index (χ4n) is 3.17. The van der Waals surface area contributed by atoms with Gasteiger partial charge in [0.05, 0.1) is 4.90 Å². The van der Waals surface area contributed by atoms with Crippen molar-refractivity contribution in [3.8, 4) is 0 Å². The molecule has 1 aromatic carbocycles. The minimum absolute atomic E-state index is 0.0423. The van der Waals surface area contributed by atoms with E-state index in [2.05, 4.69) is 13.8 Å². The zero-order valence-corrected chi connectivity index (χ0v) is 14.2. The van der Waals surface area contributed by atoms with Crippen LogP contribution in [0.3, 0.4) is 0 Å². The van der Waals surface area contributed by atoms with Crippen LogP contribution in [0.4, 0.5) is 0 Å². The number of hydrogen-bond donors (Lipinski definition) is 1. The van der Waals surface area contributed by atoms with Crippen LogP contribution >= 0.6 is 0 Å². The van der Waals surface area contributed by atoms with Crippen LogP contribution < -0.4 is 5.73 Å². The summed E-state index contributed by atoms with van der Waals surface area (Å²) in [4.78, 5) is 0.380. The van der Waals surface area contributed by atoms with E-state index < -0.39 is 10.0 Å². The number of rotatable bonds is 3. The lowest BCUT2D eigenvalue weighted by Crippen LogP contribution is -2.48. The van der Waals surface area contributed by atoms with E-state index in [9.17, 15) is 8.42 Å². The Hall–Kier alpha value is -0.910. The molecule has 118 valence electrons. The van der Waals surface area contributed by atoms with Crippen LogP contribution in [0.2, 0.25) is 0 Å². The molecule has 1 aliphatic heterocycles. The van der Waals surface area contributed by atoms with E-state index in [1.54, 1.807) is 16.4 Å². The van der Waals surface area contributed by atoms with E-state index in [0.29, 0.717) is 29.8 Å². The Morgan fingerprint density at radius 1 is 1.29 bits per heavy atom. The van der Waals surface area contributed by atoms with Crippen molar-refractivity contribution < 1.29 is 8.42 Å². The molecule has 3 unspecified atom stereocenters. The minimum Gasteiger partial charge on any atom is -0.326 e. The average molecular weight is 310 g/mol. The third-order valence-electron chi connectivity index (χ3n) is 4.68. The van der Waals surface area contributed by atoms with Crippen molar-refractivity contribution in [2.75, 3.05) is 6.54 Å². The molecule has 3 atom stereocenters. The molecule has 0 amide bonds. The SMILES string of the molecule is Cc1cc(S(=O)(=O)N2CC(C)CC(C)C2C)ccc1CN. The van der Waals surface area contributed by atoms with E-state index in [4.69, 9.17) is 5.73 Å². The quantitative estimate of drug-likeness (QED) is 0.933. The maximum Gasteiger partial charge on any atom is 0.243 e. The Bertz CT molecular complexity index is 613. The monoisotopic (exact) mass is 310 g/mol. The van der Waals surface area contributed by atoms with E-state index in [1.807, 2.05) is 19.9 Å². The summed E-state index contributed by atoms with van der Waals surface area (Å²) in [6.07, 6.45) is 1.08. The fourth-order valence-corrected chi connectivity index (χ4v) is 5.11. The van der Waals surface area contributed by atoms with Gasteiger partial charge < -0.3 is 5.73 Å². The highest BCUT2D eigenvalue weighted by Gasteiger charge is 2.37. The first-order valence-corrected chi connectivity index (χ1v) is 9.02. The van der Waals surface area contributed by atoms with Crippen LogP contribution in [0, 0.1) is 18.8 Å². The molecule has 1 fully saturated rings. The fraction of sp³-hybridized carbons (Fsp3) is 0.625. The summed E-state index contributed by atoms with van der Waals surface area (Å²) >= 11 is 0. The van der Waals surface area contributed by atoms with Gasteiger partial charge in [0.1, 0.15) is 0 Å². The van der Waals surface area contributed by atoms with Crippen LogP contribution in [0.5, 0.6) is 0 Å². The Kier molecular flexibility index (Phi) is 4.76. The summed E-state index contributed by atoms with van der Waals surface area (Å²) in [6.45, 7) is 9.20. The van der Waals surface area contributed by atoms with Crippen LogP contribution in [-0.4, -0.2) is 25.3 Å². The molecule has 0 radical (unpaired) electrons. The molecule has 1 aromatic rings. The summed E-state index contributed by atoms with van der Waals surface area (Å²) in [6, 6.07) is 5.29. The second-order valence-corrected chi connectivity index (χ2v) is 8.32. The van der Waals surface area contributed by atoms with Crippen molar-refractivity contribution in [2.24, 2.45) is 17.6 Å². The number of aryl methyl sites for hydroxylation is 1. The topological polar surface area (TPSA) is 63.4 Å². The van der Waals surface area contributed by atoms with Crippen molar-refractivity contribution in [3.05, 3.63) is 29.3 Å². The van der Waals surface area contributed by atoms with Gasteiger partial charge in [0.25, 0.3) is 0 Å². The van der Waals surface area contributed by atoms with Crippen molar-refractivity contribution in [1.29, 1.82) is 0 Å². The van der Waals surface area contributed by atoms with Gasteiger partial charge in [0.15, 0.2) is 0 Å². The van der Waals surface area contributed by atoms with Gasteiger partial charge in [0.2, 0.25) is 10.0 Å². The lowest BCUT2D eigenvalue weighted by molar-refractivity contribution is 0.157. The van der Waals surface area contributed by atoms with Gasteiger partial charge in [-0.3, -0.25) is 0 Å². The lowest BCUT2D eigenvalue weighted by atomic mass is 9.88. The summed E-state index contributed by atoms with van der Waals surface area (Å²) in [7, 11) is -3.43. The predicted octanol–water partition coefficient (Wildman–Crippen LogP) is 2.51. The number of hydrogen-bond acceptors (Lipinski definition) is 3. The van der Waals surface area contributed by atoms with Crippen molar-refractivity contribution >= 4 is 10.0 Å². The molecule has 2 rings (SSSR count). The van der Waals surface area contributed by atoms with Crippen molar-refractivity contribution in [3.63, 3.8) is 0 Å². The van der Waals surface area contributed by atoms with Gasteiger partial charge in [-0.05, 0) is 55.4 Å². The molecule has 0 bridgehead atoms. The highest BCUT2D eigenvalue weighted by atomic mass is 32.2. The van der Waals surface area contributed by atoms with Gasteiger partial charge in [-0.15, -0.1) is 0 Å². The first-order valence-electron chi connectivity index (χ1n) is 7.58. The predicted molar refractivity (Wildman–Crippen MR) is 85.4 cm³/mol.